The first-order chi connectivity index (χ1) is 15.1. The van der Waals surface area contributed by atoms with Crippen LogP contribution in [0.1, 0.15) is 24.9 Å². The van der Waals surface area contributed by atoms with Crippen LogP contribution in [0.15, 0.2) is 78.0 Å². The Kier molecular flexibility index (Phi) is 4.59. The maximum absolute atomic E-state index is 11.5. The summed E-state index contributed by atoms with van der Waals surface area (Å²) in [5.41, 5.74) is 11.0. The third-order valence-corrected chi connectivity index (χ3v) is 5.36. The van der Waals surface area contributed by atoms with Crippen LogP contribution >= 0.6 is 0 Å². The van der Waals surface area contributed by atoms with Gasteiger partial charge in [-0.25, -0.2) is 4.52 Å². The van der Waals surface area contributed by atoms with Crippen molar-refractivity contribution < 1.29 is 0 Å². The Balaban J connectivity index is 1.61. The quantitative estimate of drug-likeness (QED) is 0.460. The standard InChI is InChI=1S/C23H21N7O/c1-2-19(15-6-4-3-5-7-15)29-14-18(13-26-29)17-10-20(16-8-9-22(31)25-12-16)30-21(11-17)27-23(24)28-30/h3-14,19H,2H2,1H3,(H2,24,28)(H,25,31)/t19-/m0/s1. The molecule has 0 aliphatic heterocycles. The molecule has 1 atom stereocenters. The lowest BCUT2D eigenvalue weighted by molar-refractivity contribution is 0.509. The van der Waals surface area contributed by atoms with Crippen molar-refractivity contribution >= 4 is 11.6 Å². The minimum atomic E-state index is -0.165. The summed E-state index contributed by atoms with van der Waals surface area (Å²) in [5, 5.41) is 8.94. The summed E-state index contributed by atoms with van der Waals surface area (Å²) in [6.07, 6.45) is 6.48. The van der Waals surface area contributed by atoms with E-state index in [2.05, 4.69) is 39.2 Å². The average molecular weight is 411 g/mol. The van der Waals surface area contributed by atoms with Gasteiger partial charge >= 0.3 is 0 Å². The van der Waals surface area contributed by atoms with Gasteiger partial charge in [0.25, 0.3) is 0 Å². The molecule has 0 fully saturated rings. The van der Waals surface area contributed by atoms with Gasteiger partial charge in [-0.1, -0.05) is 37.3 Å². The Morgan fingerprint density at radius 2 is 1.90 bits per heavy atom. The number of anilines is 1. The molecule has 5 aromatic rings. The summed E-state index contributed by atoms with van der Waals surface area (Å²) in [6, 6.07) is 17.7. The number of aromatic amines is 1. The molecule has 0 bridgehead atoms. The van der Waals surface area contributed by atoms with Crippen LogP contribution in [-0.2, 0) is 0 Å². The first-order valence-electron chi connectivity index (χ1n) is 10.1. The SMILES string of the molecule is CC[C@@H](c1ccccc1)n1cc(-c2cc(-c3ccc(=O)[nH]c3)n3nc(N)nc3c2)cn1. The first kappa shape index (κ1) is 18.8. The number of nitrogens with two attached hydrogens (primary N) is 1. The predicted molar refractivity (Wildman–Crippen MR) is 120 cm³/mol. The van der Waals surface area contributed by atoms with Crippen LogP contribution < -0.4 is 11.3 Å². The molecule has 8 nitrogen and oxygen atoms in total. The zero-order chi connectivity index (χ0) is 21.4. The number of hydrogen-bond donors (Lipinski definition) is 2. The lowest BCUT2D eigenvalue weighted by Crippen LogP contribution is -2.09. The lowest BCUT2D eigenvalue weighted by Gasteiger charge is -2.15. The topological polar surface area (TPSA) is 107 Å². The number of pyridine rings is 2. The summed E-state index contributed by atoms with van der Waals surface area (Å²) in [7, 11) is 0. The third kappa shape index (κ3) is 3.48. The molecular weight excluding hydrogens is 390 g/mol. The van der Waals surface area contributed by atoms with E-state index in [9.17, 15) is 4.79 Å². The van der Waals surface area contributed by atoms with E-state index < -0.39 is 0 Å². The van der Waals surface area contributed by atoms with Crippen molar-refractivity contribution in [3.63, 3.8) is 0 Å². The molecule has 4 aromatic heterocycles. The number of nitrogens with zero attached hydrogens (tertiary/aromatic N) is 5. The largest absolute Gasteiger partial charge is 0.366 e. The highest BCUT2D eigenvalue weighted by Crippen LogP contribution is 2.29. The Labute approximate surface area is 178 Å². The molecule has 0 unspecified atom stereocenters. The van der Waals surface area contributed by atoms with Crippen molar-refractivity contribution in [2.45, 2.75) is 19.4 Å². The molecule has 4 heterocycles. The van der Waals surface area contributed by atoms with E-state index in [1.165, 1.54) is 11.6 Å². The van der Waals surface area contributed by atoms with E-state index in [-0.39, 0.29) is 17.5 Å². The zero-order valence-corrected chi connectivity index (χ0v) is 16.9. The van der Waals surface area contributed by atoms with E-state index in [1.54, 1.807) is 16.8 Å². The monoisotopic (exact) mass is 411 g/mol. The molecule has 154 valence electrons. The summed E-state index contributed by atoms with van der Waals surface area (Å²) in [5.74, 6) is 0.189. The number of fused-ring (bicyclic) bond motifs is 1. The van der Waals surface area contributed by atoms with E-state index in [0.717, 1.165) is 28.8 Å². The maximum Gasteiger partial charge on any atom is 0.247 e. The fourth-order valence-electron chi connectivity index (χ4n) is 3.85. The van der Waals surface area contributed by atoms with Crippen molar-refractivity contribution in [1.29, 1.82) is 0 Å². The van der Waals surface area contributed by atoms with Crippen LogP contribution in [-0.4, -0.2) is 29.4 Å². The lowest BCUT2D eigenvalue weighted by atomic mass is 10.0. The predicted octanol–water partition coefficient (Wildman–Crippen LogP) is 3.53. The number of H-pyrrole nitrogens is 1. The van der Waals surface area contributed by atoms with Crippen LogP contribution in [0.2, 0.25) is 0 Å². The Morgan fingerprint density at radius 1 is 1.06 bits per heavy atom. The molecular formula is C23H21N7O. The summed E-state index contributed by atoms with van der Waals surface area (Å²) in [4.78, 5) is 18.5. The molecule has 8 heteroatoms. The minimum Gasteiger partial charge on any atom is -0.366 e. The zero-order valence-electron chi connectivity index (χ0n) is 16.9. The summed E-state index contributed by atoms with van der Waals surface area (Å²) >= 11 is 0. The van der Waals surface area contributed by atoms with Crippen LogP contribution in [0.4, 0.5) is 5.95 Å². The van der Waals surface area contributed by atoms with Crippen molar-refractivity contribution in [1.82, 2.24) is 29.4 Å². The van der Waals surface area contributed by atoms with E-state index in [4.69, 9.17) is 5.73 Å². The molecule has 1 aromatic carbocycles. The van der Waals surface area contributed by atoms with Gasteiger partial charge in [-0.15, -0.1) is 5.10 Å². The molecule has 0 aliphatic rings. The number of nitrogens with one attached hydrogen (secondary N) is 1. The van der Waals surface area contributed by atoms with Gasteiger partial charge in [-0.3, -0.25) is 9.48 Å². The van der Waals surface area contributed by atoms with Gasteiger partial charge in [0.2, 0.25) is 11.5 Å². The Hall–Kier alpha value is -4.20. The van der Waals surface area contributed by atoms with Gasteiger partial charge < -0.3 is 10.7 Å². The van der Waals surface area contributed by atoms with Crippen LogP contribution in [0.5, 0.6) is 0 Å². The second-order valence-corrected chi connectivity index (χ2v) is 7.35. The summed E-state index contributed by atoms with van der Waals surface area (Å²) in [6.45, 7) is 2.15. The second kappa shape index (κ2) is 7.56. The summed E-state index contributed by atoms with van der Waals surface area (Å²) < 4.78 is 3.67. The van der Waals surface area contributed by atoms with Gasteiger partial charge in [0, 0.05) is 29.6 Å². The molecule has 0 radical (unpaired) electrons. The highest BCUT2D eigenvalue weighted by molar-refractivity contribution is 5.74. The number of rotatable bonds is 5. The number of nitrogen functional groups attached to an aromatic ring is 1. The van der Waals surface area contributed by atoms with E-state index in [1.807, 2.05) is 47.4 Å². The number of aromatic nitrogens is 6. The van der Waals surface area contributed by atoms with E-state index in [0.29, 0.717) is 5.65 Å². The van der Waals surface area contributed by atoms with Crippen LogP contribution in [0.25, 0.3) is 28.0 Å². The Morgan fingerprint density at radius 3 is 2.65 bits per heavy atom. The molecule has 0 amide bonds. The molecule has 0 aliphatic carbocycles. The molecule has 0 saturated heterocycles. The highest BCUT2D eigenvalue weighted by atomic mass is 16.1. The fraction of sp³-hybridized carbons (Fsp3) is 0.130. The Bertz CT molecular complexity index is 1390. The first-order valence-corrected chi connectivity index (χ1v) is 10.1. The smallest absolute Gasteiger partial charge is 0.247 e. The average Bonchev–Trinajstić information content (AvgIpc) is 3.41. The van der Waals surface area contributed by atoms with Crippen molar-refractivity contribution in [3.05, 3.63) is 89.1 Å². The number of benzene rings is 1. The van der Waals surface area contributed by atoms with Gasteiger partial charge in [-0.05, 0) is 35.7 Å². The normalized spacial score (nSPS) is 12.3. The van der Waals surface area contributed by atoms with Crippen molar-refractivity contribution in [2.24, 2.45) is 0 Å². The van der Waals surface area contributed by atoms with Gasteiger partial charge in [-0.2, -0.15) is 10.1 Å². The maximum atomic E-state index is 11.5. The molecule has 0 saturated carbocycles. The molecule has 0 spiro atoms. The van der Waals surface area contributed by atoms with E-state index >= 15 is 0 Å². The fourth-order valence-corrected chi connectivity index (χ4v) is 3.85. The van der Waals surface area contributed by atoms with Gasteiger partial charge in [0.1, 0.15) is 0 Å². The van der Waals surface area contributed by atoms with Crippen LogP contribution in [0.3, 0.4) is 0 Å². The molecule has 3 N–H and O–H groups in total. The molecule has 5 rings (SSSR count). The minimum absolute atomic E-state index is 0.154. The highest BCUT2D eigenvalue weighted by Gasteiger charge is 2.16. The van der Waals surface area contributed by atoms with Crippen molar-refractivity contribution in [3.8, 4) is 22.4 Å². The third-order valence-electron chi connectivity index (χ3n) is 5.36. The number of hydrogen-bond acceptors (Lipinski definition) is 5. The van der Waals surface area contributed by atoms with Gasteiger partial charge in [0.05, 0.1) is 17.9 Å². The van der Waals surface area contributed by atoms with Gasteiger partial charge in [0.15, 0.2) is 5.65 Å². The second-order valence-electron chi connectivity index (χ2n) is 7.35. The molecule has 31 heavy (non-hydrogen) atoms. The van der Waals surface area contributed by atoms with Crippen LogP contribution in [0, 0.1) is 0 Å². The van der Waals surface area contributed by atoms with Crippen molar-refractivity contribution in [2.75, 3.05) is 5.73 Å².